The molecule has 0 aliphatic carbocycles. The highest BCUT2D eigenvalue weighted by Crippen LogP contribution is 2.26. The molecule has 134 valence electrons. The van der Waals surface area contributed by atoms with Gasteiger partial charge in [-0.2, -0.15) is 0 Å². The first-order chi connectivity index (χ1) is 12.1. The monoisotopic (exact) mass is 358 g/mol. The van der Waals surface area contributed by atoms with Crippen LogP contribution in [0.1, 0.15) is 36.5 Å². The lowest BCUT2D eigenvalue weighted by Crippen LogP contribution is -2.34. The third-order valence-electron chi connectivity index (χ3n) is 3.99. The second-order valence-electron chi connectivity index (χ2n) is 5.96. The minimum atomic E-state index is 0.134. The molecule has 5 heteroatoms. The van der Waals surface area contributed by atoms with E-state index in [1.165, 1.54) is 31.1 Å². The molecule has 2 aromatic carbocycles. The van der Waals surface area contributed by atoms with Crippen molar-refractivity contribution in [3.05, 3.63) is 59.2 Å². The predicted octanol–water partition coefficient (Wildman–Crippen LogP) is 3.91. The standard InChI is InChI=1S/C20H26N2O2S/c1-3-4-5-15-6-8-16(9-7-15)13-21-20(25)22-14-17-10-11-18(23)19(12-17)24-2/h6-12,23H,3-5,13-14H2,1-2H3,(H2,21,22,25). The first kappa shape index (κ1) is 19.1. The van der Waals surface area contributed by atoms with Crippen LogP contribution in [0.3, 0.4) is 0 Å². The first-order valence-electron chi connectivity index (χ1n) is 8.57. The lowest BCUT2D eigenvalue weighted by molar-refractivity contribution is 0.373. The fraction of sp³-hybridized carbons (Fsp3) is 0.350. The van der Waals surface area contributed by atoms with Gasteiger partial charge in [-0.1, -0.05) is 43.7 Å². The normalized spacial score (nSPS) is 10.3. The Labute approximate surface area is 155 Å². The van der Waals surface area contributed by atoms with Crippen molar-refractivity contribution >= 4 is 17.3 Å². The van der Waals surface area contributed by atoms with Gasteiger partial charge in [-0.05, 0) is 53.9 Å². The minimum absolute atomic E-state index is 0.134. The zero-order chi connectivity index (χ0) is 18.1. The van der Waals surface area contributed by atoms with Crippen LogP contribution in [0, 0.1) is 0 Å². The predicted molar refractivity (Wildman–Crippen MR) is 106 cm³/mol. The number of rotatable bonds is 8. The summed E-state index contributed by atoms with van der Waals surface area (Å²) in [5.74, 6) is 0.593. The van der Waals surface area contributed by atoms with E-state index in [2.05, 4.69) is 41.8 Å². The molecule has 0 amide bonds. The Balaban J connectivity index is 1.77. The van der Waals surface area contributed by atoms with Crippen molar-refractivity contribution in [1.29, 1.82) is 0 Å². The zero-order valence-electron chi connectivity index (χ0n) is 14.8. The van der Waals surface area contributed by atoms with Crippen molar-refractivity contribution in [2.24, 2.45) is 0 Å². The average Bonchev–Trinajstić information content (AvgIpc) is 2.64. The summed E-state index contributed by atoms with van der Waals surface area (Å²) < 4.78 is 5.11. The van der Waals surface area contributed by atoms with E-state index in [9.17, 15) is 5.11 Å². The van der Waals surface area contributed by atoms with Gasteiger partial charge < -0.3 is 20.5 Å². The summed E-state index contributed by atoms with van der Waals surface area (Å²) >= 11 is 5.32. The van der Waals surface area contributed by atoms with Gasteiger partial charge in [0.1, 0.15) is 0 Å². The largest absolute Gasteiger partial charge is 0.504 e. The lowest BCUT2D eigenvalue weighted by atomic mass is 10.1. The van der Waals surface area contributed by atoms with E-state index < -0.39 is 0 Å². The van der Waals surface area contributed by atoms with Gasteiger partial charge in [0.25, 0.3) is 0 Å². The molecular weight excluding hydrogens is 332 g/mol. The molecule has 2 rings (SSSR count). The van der Waals surface area contributed by atoms with Gasteiger partial charge in [0.2, 0.25) is 0 Å². The number of aromatic hydroxyl groups is 1. The number of methoxy groups -OCH3 is 1. The molecule has 0 fully saturated rings. The van der Waals surface area contributed by atoms with Crippen molar-refractivity contribution in [2.45, 2.75) is 39.3 Å². The van der Waals surface area contributed by atoms with Crippen molar-refractivity contribution in [3.8, 4) is 11.5 Å². The molecule has 4 nitrogen and oxygen atoms in total. The number of hydrogen-bond donors (Lipinski definition) is 3. The van der Waals surface area contributed by atoms with Gasteiger partial charge in [0, 0.05) is 13.1 Å². The molecule has 0 unspecified atom stereocenters. The molecule has 2 aromatic rings. The Morgan fingerprint density at radius 1 is 1.00 bits per heavy atom. The summed E-state index contributed by atoms with van der Waals surface area (Å²) in [6, 6.07) is 13.9. The molecule has 0 saturated carbocycles. The summed E-state index contributed by atoms with van der Waals surface area (Å²) in [7, 11) is 1.53. The summed E-state index contributed by atoms with van der Waals surface area (Å²) in [6.45, 7) is 3.47. The number of thiocarbonyl (C=S) groups is 1. The van der Waals surface area contributed by atoms with Crippen LogP contribution in [0.2, 0.25) is 0 Å². The molecule has 0 atom stereocenters. The Kier molecular flexibility index (Phi) is 7.54. The average molecular weight is 359 g/mol. The highest BCUT2D eigenvalue weighted by atomic mass is 32.1. The quantitative estimate of drug-likeness (QED) is 0.625. The Bertz CT molecular complexity index is 687. The van der Waals surface area contributed by atoms with E-state index in [4.69, 9.17) is 17.0 Å². The van der Waals surface area contributed by atoms with E-state index in [-0.39, 0.29) is 5.75 Å². The van der Waals surface area contributed by atoms with Crippen LogP contribution in [0.5, 0.6) is 11.5 Å². The SMILES string of the molecule is CCCCc1ccc(CNC(=S)NCc2ccc(O)c(OC)c2)cc1. The van der Waals surface area contributed by atoms with E-state index >= 15 is 0 Å². The molecule has 0 aromatic heterocycles. The molecule has 0 radical (unpaired) electrons. The Morgan fingerprint density at radius 2 is 1.60 bits per heavy atom. The molecular formula is C20H26N2O2S. The van der Waals surface area contributed by atoms with Crippen LogP contribution in [0.15, 0.2) is 42.5 Å². The fourth-order valence-corrected chi connectivity index (χ4v) is 2.61. The molecule has 0 aliphatic heterocycles. The molecule has 0 spiro atoms. The van der Waals surface area contributed by atoms with E-state index in [0.717, 1.165) is 12.0 Å². The van der Waals surface area contributed by atoms with Crippen molar-refractivity contribution in [3.63, 3.8) is 0 Å². The molecule has 25 heavy (non-hydrogen) atoms. The number of phenolic OH excluding ortho intramolecular Hbond substituents is 1. The van der Waals surface area contributed by atoms with Crippen LogP contribution >= 0.6 is 12.2 Å². The number of phenols is 1. The van der Waals surface area contributed by atoms with E-state index in [1.807, 2.05) is 6.07 Å². The molecule has 0 heterocycles. The summed E-state index contributed by atoms with van der Waals surface area (Å²) in [6.07, 6.45) is 3.59. The third-order valence-corrected chi connectivity index (χ3v) is 4.28. The fourth-order valence-electron chi connectivity index (χ4n) is 2.46. The van der Waals surface area contributed by atoms with Gasteiger partial charge >= 0.3 is 0 Å². The van der Waals surface area contributed by atoms with Crippen LogP contribution in [-0.4, -0.2) is 17.3 Å². The number of hydrogen-bond acceptors (Lipinski definition) is 3. The Hall–Kier alpha value is -2.27. The van der Waals surface area contributed by atoms with Gasteiger partial charge in [-0.15, -0.1) is 0 Å². The maximum atomic E-state index is 9.61. The molecule has 0 saturated heterocycles. The second-order valence-corrected chi connectivity index (χ2v) is 6.37. The third kappa shape index (κ3) is 6.27. The van der Waals surface area contributed by atoms with E-state index in [0.29, 0.717) is 24.0 Å². The first-order valence-corrected chi connectivity index (χ1v) is 8.98. The zero-order valence-corrected chi connectivity index (χ0v) is 15.7. The second kappa shape index (κ2) is 9.89. The van der Waals surface area contributed by atoms with Crippen LogP contribution in [-0.2, 0) is 19.5 Å². The number of aryl methyl sites for hydroxylation is 1. The van der Waals surface area contributed by atoms with Crippen molar-refractivity contribution < 1.29 is 9.84 Å². The summed E-state index contributed by atoms with van der Waals surface area (Å²) in [4.78, 5) is 0. The molecule has 0 bridgehead atoms. The lowest BCUT2D eigenvalue weighted by Gasteiger charge is -2.12. The number of unbranched alkanes of at least 4 members (excludes halogenated alkanes) is 1. The van der Waals surface area contributed by atoms with E-state index in [1.54, 1.807) is 12.1 Å². The molecule has 0 aliphatic rings. The van der Waals surface area contributed by atoms with Crippen molar-refractivity contribution in [2.75, 3.05) is 7.11 Å². The van der Waals surface area contributed by atoms with Crippen LogP contribution in [0.25, 0.3) is 0 Å². The van der Waals surface area contributed by atoms with Gasteiger partial charge in [-0.25, -0.2) is 0 Å². The summed E-state index contributed by atoms with van der Waals surface area (Å²) in [5.41, 5.74) is 3.57. The van der Waals surface area contributed by atoms with Gasteiger partial charge in [0.15, 0.2) is 16.6 Å². The maximum Gasteiger partial charge on any atom is 0.166 e. The highest BCUT2D eigenvalue weighted by Gasteiger charge is 2.03. The Morgan fingerprint density at radius 3 is 2.24 bits per heavy atom. The number of nitrogens with one attached hydrogen (secondary N) is 2. The smallest absolute Gasteiger partial charge is 0.166 e. The van der Waals surface area contributed by atoms with Crippen molar-refractivity contribution in [1.82, 2.24) is 10.6 Å². The number of ether oxygens (including phenoxy) is 1. The van der Waals surface area contributed by atoms with Crippen LogP contribution in [0.4, 0.5) is 0 Å². The maximum absolute atomic E-state index is 9.61. The summed E-state index contributed by atoms with van der Waals surface area (Å²) in [5, 5.41) is 16.6. The highest BCUT2D eigenvalue weighted by molar-refractivity contribution is 7.80. The minimum Gasteiger partial charge on any atom is -0.504 e. The molecule has 3 N–H and O–H groups in total. The number of benzene rings is 2. The van der Waals surface area contributed by atoms with Gasteiger partial charge in [0.05, 0.1) is 7.11 Å². The van der Waals surface area contributed by atoms with Crippen LogP contribution < -0.4 is 15.4 Å². The topological polar surface area (TPSA) is 53.5 Å². The van der Waals surface area contributed by atoms with Gasteiger partial charge in [-0.3, -0.25) is 0 Å².